The molecule has 0 radical (unpaired) electrons. The summed E-state index contributed by atoms with van der Waals surface area (Å²) in [6.45, 7) is 2.18. The van der Waals surface area contributed by atoms with Crippen LogP contribution in [0.5, 0.6) is 0 Å². The zero-order valence-electron chi connectivity index (χ0n) is 16.8. The maximum Gasteiger partial charge on any atom is 0.269 e. The van der Waals surface area contributed by atoms with E-state index in [1.807, 2.05) is 0 Å². The second-order valence-electron chi connectivity index (χ2n) is 6.73. The Hall–Kier alpha value is -3.24. The highest BCUT2D eigenvalue weighted by atomic mass is 35.5. The molecule has 0 fully saturated rings. The largest absolute Gasteiger partial charge is 0.364 e. The van der Waals surface area contributed by atoms with E-state index in [-0.39, 0.29) is 28.3 Å². The number of aromatic amines is 2. The maximum absolute atomic E-state index is 12.6. The number of anilines is 1. The molecule has 0 saturated carbocycles. The van der Waals surface area contributed by atoms with E-state index in [0.717, 1.165) is 25.1 Å². The van der Waals surface area contributed by atoms with Crippen molar-refractivity contribution in [2.24, 2.45) is 5.73 Å². The highest BCUT2D eigenvalue weighted by Crippen LogP contribution is 2.22. The van der Waals surface area contributed by atoms with E-state index >= 15 is 0 Å². The third-order valence-electron chi connectivity index (χ3n) is 4.48. The van der Waals surface area contributed by atoms with E-state index in [1.165, 1.54) is 11.2 Å². The molecule has 0 bridgehead atoms. The highest BCUT2D eigenvalue weighted by molar-refractivity contribution is 7.80. The second kappa shape index (κ2) is 10.2. The summed E-state index contributed by atoms with van der Waals surface area (Å²) in [6.07, 6.45) is 4.06. The van der Waals surface area contributed by atoms with Crippen molar-refractivity contribution >= 4 is 46.6 Å². The van der Waals surface area contributed by atoms with Gasteiger partial charge in [-0.3, -0.25) is 19.8 Å². The van der Waals surface area contributed by atoms with Gasteiger partial charge in [-0.05, 0) is 30.8 Å². The van der Waals surface area contributed by atoms with Crippen LogP contribution in [0.2, 0.25) is 5.15 Å². The summed E-state index contributed by atoms with van der Waals surface area (Å²) in [5.74, 6) is -0.190. The number of carbonyl (C=O) groups excluding carboxylic acids is 2. The molecule has 2 aromatic heterocycles. The lowest BCUT2D eigenvalue weighted by Crippen LogP contribution is -2.43. The quantitative estimate of drug-likeness (QED) is 0.383. The summed E-state index contributed by atoms with van der Waals surface area (Å²) in [5, 5.41) is 2.98. The van der Waals surface area contributed by atoms with Crippen molar-refractivity contribution in [3.05, 3.63) is 64.6 Å². The van der Waals surface area contributed by atoms with Crippen molar-refractivity contribution < 1.29 is 9.59 Å². The summed E-state index contributed by atoms with van der Waals surface area (Å²) in [6, 6.07) is 8.63. The van der Waals surface area contributed by atoms with Gasteiger partial charge in [-0.15, -0.1) is 0 Å². The van der Waals surface area contributed by atoms with Gasteiger partial charge in [0.25, 0.3) is 11.8 Å². The molecule has 11 heteroatoms. The van der Waals surface area contributed by atoms with Gasteiger partial charge >= 0.3 is 0 Å². The summed E-state index contributed by atoms with van der Waals surface area (Å²) in [7, 11) is 0. The Morgan fingerprint density at radius 1 is 1.29 bits per heavy atom. The number of amides is 2. The third-order valence-corrected chi connectivity index (χ3v) is 5.12. The third kappa shape index (κ3) is 5.47. The van der Waals surface area contributed by atoms with Crippen molar-refractivity contribution in [1.29, 1.82) is 0 Å². The Morgan fingerprint density at radius 2 is 2.03 bits per heavy atom. The number of imidazole rings is 2. The van der Waals surface area contributed by atoms with Gasteiger partial charge in [-0.25, -0.2) is 9.97 Å². The Bertz CT molecular complexity index is 1080. The SMILES string of the molecule is CCCCc1nc(Cl)c(CN(C(=S)NC(=O)c2ccccc2)c2nc[nH]c2C(N)=O)[nH]1. The minimum Gasteiger partial charge on any atom is -0.364 e. The van der Waals surface area contributed by atoms with Crippen molar-refractivity contribution in [2.45, 2.75) is 32.7 Å². The molecule has 0 saturated heterocycles. The van der Waals surface area contributed by atoms with E-state index in [2.05, 4.69) is 32.2 Å². The minimum atomic E-state index is -0.714. The van der Waals surface area contributed by atoms with E-state index < -0.39 is 11.8 Å². The number of thiocarbonyl (C=S) groups is 1. The van der Waals surface area contributed by atoms with Crippen LogP contribution < -0.4 is 16.0 Å². The van der Waals surface area contributed by atoms with Crippen LogP contribution in [0, 0.1) is 0 Å². The Morgan fingerprint density at radius 3 is 2.71 bits per heavy atom. The van der Waals surface area contributed by atoms with Crippen LogP contribution in [-0.4, -0.2) is 36.9 Å². The van der Waals surface area contributed by atoms with E-state index in [9.17, 15) is 9.59 Å². The number of rotatable bonds is 8. The molecule has 5 N–H and O–H groups in total. The Labute approximate surface area is 189 Å². The first-order chi connectivity index (χ1) is 14.9. The molecule has 2 amide bonds. The summed E-state index contributed by atoms with van der Waals surface area (Å²) >= 11 is 11.8. The lowest BCUT2D eigenvalue weighted by molar-refractivity contribution is 0.0975. The minimum absolute atomic E-state index is 0.0317. The van der Waals surface area contributed by atoms with Crippen molar-refractivity contribution in [2.75, 3.05) is 4.90 Å². The average molecular weight is 460 g/mol. The number of aromatic nitrogens is 4. The maximum atomic E-state index is 12.6. The molecule has 0 atom stereocenters. The van der Waals surface area contributed by atoms with Crippen LogP contribution in [0.25, 0.3) is 0 Å². The number of benzene rings is 1. The fourth-order valence-corrected chi connectivity index (χ4v) is 3.36. The standard InChI is InChI=1S/C20H22ClN7O2S/c1-2-3-9-14-25-13(16(21)26-14)10-28(18-15(17(22)29)23-11-24-18)20(31)27-19(30)12-7-5-4-6-8-12/h4-8,11H,2-3,9-10H2,1H3,(H2,22,29)(H,23,24)(H,25,26)(H,27,30,31). The smallest absolute Gasteiger partial charge is 0.269 e. The fraction of sp³-hybridized carbons (Fsp3) is 0.250. The molecular weight excluding hydrogens is 438 g/mol. The van der Waals surface area contributed by atoms with Gasteiger partial charge in [0.05, 0.1) is 18.6 Å². The van der Waals surface area contributed by atoms with Crippen molar-refractivity contribution in [3.8, 4) is 0 Å². The molecular formula is C20H22ClN7O2S. The molecule has 2 heterocycles. The van der Waals surface area contributed by atoms with Crippen LogP contribution in [0.15, 0.2) is 36.7 Å². The number of nitrogens with zero attached hydrogens (tertiary/aromatic N) is 3. The van der Waals surface area contributed by atoms with Gasteiger partial charge in [0, 0.05) is 12.0 Å². The molecule has 31 heavy (non-hydrogen) atoms. The summed E-state index contributed by atoms with van der Waals surface area (Å²) in [4.78, 5) is 40.3. The normalized spacial score (nSPS) is 10.6. The van der Waals surface area contributed by atoms with Gasteiger partial charge in [0.1, 0.15) is 11.5 Å². The monoisotopic (exact) mass is 459 g/mol. The van der Waals surface area contributed by atoms with Gasteiger partial charge in [-0.2, -0.15) is 0 Å². The first-order valence-electron chi connectivity index (χ1n) is 9.65. The lowest BCUT2D eigenvalue weighted by Gasteiger charge is -2.23. The number of hydrogen-bond acceptors (Lipinski definition) is 5. The molecule has 162 valence electrons. The number of nitrogens with two attached hydrogens (primary N) is 1. The number of carbonyl (C=O) groups is 2. The summed E-state index contributed by atoms with van der Waals surface area (Å²) < 4.78 is 0. The number of aryl methyl sites for hydroxylation is 1. The molecule has 3 aromatic rings. The Kier molecular flexibility index (Phi) is 7.37. The van der Waals surface area contributed by atoms with Gasteiger partial charge in [0.2, 0.25) is 0 Å². The van der Waals surface area contributed by atoms with E-state index in [1.54, 1.807) is 30.3 Å². The highest BCUT2D eigenvalue weighted by Gasteiger charge is 2.25. The number of hydrogen-bond donors (Lipinski definition) is 4. The molecule has 1 aromatic carbocycles. The number of nitrogens with one attached hydrogen (secondary N) is 3. The fourth-order valence-electron chi connectivity index (χ4n) is 2.91. The predicted octanol–water partition coefficient (Wildman–Crippen LogP) is 2.95. The number of primary amides is 1. The van der Waals surface area contributed by atoms with Crippen LogP contribution in [0.3, 0.4) is 0 Å². The first-order valence-corrected chi connectivity index (χ1v) is 10.4. The van der Waals surface area contributed by atoms with E-state index in [0.29, 0.717) is 11.3 Å². The number of halogens is 1. The predicted molar refractivity (Wildman–Crippen MR) is 122 cm³/mol. The second-order valence-corrected chi connectivity index (χ2v) is 7.48. The zero-order chi connectivity index (χ0) is 22.4. The number of H-pyrrole nitrogens is 2. The van der Waals surface area contributed by atoms with Crippen molar-refractivity contribution in [1.82, 2.24) is 25.3 Å². The van der Waals surface area contributed by atoms with Crippen LogP contribution in [-0.2, 0) is 13.0 Å². The molecule has 9 nitrogen and oxygen atoms in total. The lowest BCUT2D eigenvalue weighted by atomic mass is 10.2. The number of unbranched alkanes of at least 4 members (excludes halogenated alkanes) is 1. The molecule has 0 aliphatic carbocycles. The summed E-state index contributed by atoms with van der Waals surface area (Å²) in [5.41, 5.74) is 6.52. The topological polar surface area (TPSA) is 133 Å². The van der Waals surface area contributed by atoms with E-state index in [4.69, 9.17) is 29.6 Å². The zero-order valence-corrected chi connectivity index (χ0v) is 18.4. The molecule has 0 spiro atoms. The first kappa shape index (κ1) is 22.4. The Balaban J connectivity index is 1.89. The van der Waals surface area contributed by atoms with Crippen molar-refractivity contribution in [3.63, 3.8) is 0 Å². The van der Waals surface area contributed by atoms with Crippen LogP contribution in [0.4, 0.5) is 5.82 Å². The van der Waals surface area contributed by atoms with Gasteiger partial charge in [0.15, 0.2) is 16.1 Å². The molecule has 0 unspecified atom stereocenters. The van der Waals surface area contributed by atoms with Crippen LogP contribution >= 0.6 is 23.8 Å². The molecule has 0 aliphatic rings. The van der Waals surface area contributed by atoms with Gasteiger partial charge < -0.3 is 15.7 Å². The van der Waals surface area contributed by atoms with Gasteiger partial charge in [-0.1, -0.05) is 43.1 Å². The molecule has 3 rings (SSSR count). The average Bonchev–Trinajstić information content (AvgIpc) is 3.37. The molecule has 0 aliphatic heterocycles. The van der Waals surface area contributed by atoms with Crippen LogP contribution in [0.1, 0.15) is 52.1 Å².